The number of anilines is 1. The third-order valence-corrected chi connectivity index (χ3v) is 6.43. The third-order valence-electron chi connectivity index (χ3n) is 6.43. The lowest BCUT2D eigenvalue weighted by atomic mass is 9.99. The van der Waals surface area contributed by atoms with Crippen LogP contribution in [-0.2, 0) is 6.42 Å². The fraction of sp³-hybridized carbons (Fsp3) is 0.172. The van der Waals surface area contributed by atoms with Crippen molar-refractivity contribution in [1.82, 2.24) is 9.78 Å². The van der Waals surface area contributed by atoms with Crippen LogP contribution in [0.1, 0.15) is 18.1 Å². The third kappa shape index (κ3) is 3.87. The molecular formula is C29H27N3O3. The summed E-state index contributed by atoms with van der Waals surface area (Å²) in [4.78, 5) is 14.8. The number of rotatable bonds is 5. The molecule has 0 spiro atoms. The number of hydrogen-bond donors (Lipinski definition) is 1. The minimum atomic E-state index is -0.383. The Morgan fingerprint density at radius 2 is 1.71 bits per heavy atom. The molecule has 0 saturated carbocycles. The van der Waals surface area contributed by atoms with Crippen LogP contribution >= 0.6 is 0 Å². The maximum atomic E-state index is 12.7. The van der Waals surface area contributed by atoms with Crippen LogP contribution in [0.15, 0.2) is 82.0 Å². The lowest BCUT2D eigenvalue weighted by Crippen LogP contribution is -2.09. The number of phenolic OH excluding ortho intramolecular Hbond substituents is 1. The molecule has 5 rings (SSSR count). The van der Waals surface area contributed by atoms with Gasteiger partial charge in [0.2, 0.25) is 0 Å². The van der Waals surface area contributed by atoms with Gasteiger partial charge in [-0.05, 0) is 61.4 Å². The van der Waals surface area contributed by atoms with Gasteiger partial charge in [-0.3, -0.25) is 0 Å². The first-order valence-electron chi connectivity index (χ1n) is 11.6. The number of aryl methyl sites for hydroxylation is 1. The van der Waals surface area contributed by atoms with Crippen LogP contribution < -0.4 is 10.5 Å². The number of aromatic hydroxyl groups is 1. The van der Waals surface area contributed by atoms with Crippen molar-refractivity contribution in [1.29, 1.82) is 0 Å². The molecule has 0 amide bonds. The van der Waals surface area contributed by atoms with Crippen molar-refractivity contribution in [2.45, 2.75) is 20.3 Å². The van der Waals surface area contributed by atoms with Crippen molar-refractivity contribution in [3.63, 3.8) is 0 Å². The van der Waals surface area contributed by atoms with Gasteiger partial charge >= 0.3 is 5.63 Å². The SMILES string of the molecule is CCc1c(C)c2ccc(O)c(-c3cc(-c4ccc(N(C)C)cc4)n(-c4ccccc4)n3)c2oc1=O. The van der Waals surface area contributed by atoms with Gasteiger partial charge in [0.25, 0.3) is 0 Å². The van der Waals surface area contributed by atoms with E-state index in [0.717, 1.165) is 33.6 Å². The molecule has 0 radical (unpaired) electrons. The molecule has 176 valence electrons. The van der Waals surface area contributed by atoms with E-state index >= 15 is 0 Å². The highest BCUT2D eigenvalue weighted by atomic mass is 16.4. The molecule has 0 aliphatic heterocycles. The molecule has 6 nitrogen and oxygen atoms in total. The first kappa shape index (κ1) is 22.5. The first-order valence-corrected chi connectivity index (χ1v) is 11.6. The Morgan fingerprint density at radius 1 is 1.00 bits per heavy atom. The average molecular weight is 466 g/mol. The van der Waals surface area contributed by atoms with Gasteiger partial charge in [-0.15, -0.1) is 0 Å². The second-order valence-electron chi connectivity index (χ2n) is 8.79. The van der Waals surface area contributed by atoms with Crippen LogP contribution in [0.25, 0.3) is 39.2 Å². The van der Waals surface area contributed by atoms with Crippen LogP contribution in [0.4, 0.5) is 5.69 Å². The van der Waals surface area contributed by atoms with Gasteiger partial charge in [-0.2, -0.15) is 5.10 Å². The largest absolute Gasteiger partial charge is 0.507 e. The summed E-state index contributed by atoms with van der Waals surface area (Å²) in [6.07, 6.45) is 0.579. The van der Waals surface area contributed by atoms with Gasteiger partial charge in [0.15, 0.2) is 5.58 Å². The quantitative estimate of drug-likeness (QED) is 0.325. The molecule has 35 heavy (non-hydrogen) atoms. The Kier molecular flexibility index (Phi) is 5.65. The summed E-state index contributed by atoms with van der Waals surface area (Å²) < 4.78 is 7.61. The molecular weight excluding hydrogens is 438 g/mol. The first-order chi connectivity index (χ1) is 16.9. The van der Waals surface area contributed by atoms with E-state index in [4.69, 9.17) is 9.52 Å². The van der Waals surface area contributed by atoms with E-state index in [0.29, 0.717) is 28.8 Å². The number of benzene rings is 3. The highest BCUT2D eigenvalue weighted by Crippen LogP contribution is 2.39. The van der Waals surface area contributed by atoms with Crippen LogP contribution in [-0.4, -0.2) is 29.0 Å². The molecule has 5 aromatic rings. The van der Waals surface area contributed by atoms with Crippen molar-refractivity contribution in [3.05, 3.63) is 94.3 Å². The van der Waals surface area contributed by atoms with E-state index in [1.165, 1.54) is 0 Å². The second-order valence-corrected chi connectivity index (χ2v) is 8.79. The fourth-order valence-electron chi connectivity index (χ4n) is 4.51. The zero-order valence-electron chi connectivity index (χ0n) is 20.2. The number of hydrogen-bond acceptors (Lipinski definition) is 5. The Labute approximate surface area is 203 Å². The molecule has 0 saturated heterocycles. The minimum Gasteiger partial charge on any atom is -0.507 e. The number of phenols is 1. The van der Waals surface area contributed by atoms with Crippen molar-refractivity contribution < 1.29 is 9.52 Å². The highest BCUT2D eigenvalue weighted by Gasteiger charge is 2.21. The van der Waals surface area contributed by atoms with Gasteiger partial charge in [-0.25, -0.2) is 9.48 Å². The summed E-state index contributed by atoms with van der Waals surface area (Å²) in [5.74, 6) is 0.0107. The molecule has 0 bridgehead atoms. The maximum Gasteiger partial charge on any atom is 0.339 e. The molecule has 1 N–H and O–H groups in total. The van der Waals surface area contributed by atoms with Crippen LogP contribution in [0, 0.1) is 6.92 Å². The van der Waals surface area contributed by atoms with Gasteiger partial charge in [0, 0.05) is 36.3 Å². The lowest BCUT2D eigenvalue weighted by Gasteiger charge is -2.13. The highest BCUT2D eigenvalue weighted by molar-refractivity contribution is 5.97. The van der Waals surface area contributed by atoms with E-state index in [9.17, 15) is 9.90 Å². The molecule has 0 aliphatic carbocycles. The van der Waals surface area contributed by atoms with Crippen LogP contribution in [0.2, 0.25) is 0 Å². The molecule has 2 aromatic heterocycles. The zero-order chi connectivity index (χ0) is 24.7. The summed E-state index contributed by atoms with van der Waals surface area (Å²) in [5.41, 5.74) is 6.21. The predicted octanol–water partition coefficient (Wildman–Crippen LogP) is 5.96. The molecule has 0 unspecified atom stereocenters. The summed E-state index contributed by atoms with van der Waals surface area (Å²) in [6.45, 7) is 3.85. The minimum absolute atomic E-state index is 0.0107. The predicted molar refractivity (Wildman–Crippen MR) is 141 cm³/mol. The van der Waals surface area contributed by atoms with Crippen molar-refractivity contribution in [2.75, 3.05) is 19.0 Å². The smallest absolute Gasteiger partial charge is 0.339 e. The van der Waals surface area contributed by atoms with Crippen LogP contribution in [0.3, 0.4) is 0 Å². The van der Waals surface area contributed by atoms with E-state index in [1.54, 1.807) is 12.1 Å². The monoisotopic (exact) mass is 465 g/mol. The average Bonchev–Trinajstić information content (AvgIpc) is 3.29. The van der Waals surface area contributed by atoms with Gasteiger partial charge in [0.1, 0.15) is 11.4 Å². The van der Waals surface area contributed by atoms with E-state index in [2.05, 4.69) is 24.3 Å². The van der Waals surface area contributed by atoms with Gasteiger partial charge in [0.05, 0.1) is 16.9 Å². The topological polar surface area (TPSA) is 71.5 Å². The van der Waals surface area contributed by atoms with Gasteiger partial charge in [-0.1, -0.05) is 37.3 Å². The summed E-state index contributed by atoms with van der Waals surface area (Å²) >= 11 is 0. The summed E-state index contributed by atoms with van der Waals surface area (Å²) in [5, 5.41) is 16.6. The maximum absolute atomic E-state index is 12.7. The Balaban J connectivity index is 1.78. The van der Waals surface area contributed by atoms with Crippen LogP contribution in [0.5, 0.6) is 5.75 Å². The van der Waals surface area contributed by atoms with E-state index in [-0.39, 0.29) is 11.4 Å². The Hall–Kier alpha value is -4.32. The van der Waals surface area contributed by atoms with Crippen molar-refractivity contribution >= 4 is 16.7 Å². The molecule has 3 aromatic carbocycles. The molecule has 0 atom stereocenters. The zero-order valence-corrected chi connectivity index (χ0v) is 20.2. The van der Waals surface area contributed by atoms with Gasteiger partial charge < -0.3 is 14.4 Å². The number of nitrogens with zero attached hydrogens (tertiary/aromatic N) is 3. The lowest BCUT2D eigenvalue weighted by molar-refractivity contribution is 0.474. The standard InChI is InChI=1S/C29H27N3O3/c1-5-22-18(2)23-15-16-26(33)27(28(23)35-29(22)34)24-17-25(19-11-13-20(14-12-19)31(3)4)32(30-24)21-9-7-6-8-10-21/h6-17,33H,5H2,1-4H3. The fourth-order valence-corrected chi connectivity index (χ4v) is 4.51. The summed E-state index contributed by atoms with van der Waals surface area (Å²) in [6, 6.07) is 23.4. The van der Waals surface area contributed by atoms with Crippen molar-refractivity contribution in [2.24, 2.45) is 0 Å². The second kappa shape index (κ2) is 8.80. The summed E-state index contributed by atoms with van der Waals surface area (Å²) in [7, 11) is 4.01. The molecule has 2 heterocycles. The molecule has 0 aliphatic rings. The number of fused-ring (bicyclic) bond motifs is 1. The van der Waals surface area contributed by atoms with E-state index in [1.807, 2.05) is 73.9 Å². The molecule has 6 heteroatoms. The Bertz CT molecular complexity index is 1580. The molecule has 0 fully saturated rings. The normalized spacial score (nSPS) is 11.2. The number of para-hydroxylation sites is 1. The Morgan fingerprint density at radius 3 is 2.37 bits per heavy atom. The van der Waals surface area contributed by atoms with Crippen molar-refractivity contribution in [3.8, 4) is 34.0 Å². The van der Waals surface area contributed by atoms with E-state index < -0.39 is 0 Å². The number of aromatic nitrogens is 2.